The van der Waals surface area contributed by atoms with Crippen LogP contribution in [-0.4, -0.2) is 41.5 Å². The van der Waals surface area contributed by atoms with Gasteiger partial charge in [-0.25, -0.2) is 0 Å². The number of likely N-dealkylation sites (N-methyl/N-ethyl adjacent to an activating group) is 1. The summed E-state index contributed by atoms with van der Waals surface area (Å²) in [5.41, 5.74) is 8.48. The van der Waals surface area contributed by atoms with Gasteiger partial charge in [0.25, 0.3) is 0 Å². The first-order chi connectivity index (χ1) is 8.61. The van der Waals surface area contributed by atoms with E-state index in [0.29, 0.717) is 12.6 Å². The zero-order valence-electron chi connectivity index (χ0n) is 11.9. The van der Waals surface area contributed by atoms with Crippen molar-refractivity contribution in [1.29, 1.82) is 0 Å². The van der Waals surface area contributed by atoms with Gasteiger partial charge >= 0.3 is 0 Å². The molecule has 0 aromatic carbocycles. The van der Waals surface area contributed by atoms with E-state index in [1.807, 2.05) is 24.2 Å². The summed E-state index contributed by atoms with van der Waals surface area (Å²) in [6.45, 7) is 5.03. The lowest BCUT2D eigenvalue weighted by molar-refractivity contribution is 0.185. The Balaban J connectivity index is 2.80. The van der Waals surface area contributed by atoms with Gasteiger partial charge in [-0.3, -0.25) is 9.88 Å². The van der Waals surface area contributed by atoms with Crippen LogP contribution in [-0.2, 0) is 0 Å². The van der Waals surface area contributed by atoms with Crippen molar-refractivity contribution in [1.82, 2.24) is 9.88 Å². The minimum Gasteiger partial charge on any atom is -0.329 e. The highest BCUT2D eigenvalue weighted by Crippen LogP contribution is 2.23. The molecule has 0 aliphatic heterocycles. The van der Waals surface area contributed by atoms with Gasteiger partial charge < -0.3 is 5.73 Å². The van der Waals surface area contributed by atoms with Crippen molar-refractivity contribution >= 4 is 11.8 Å². The molecule has 0 aliphatic carbocycles. The molecule has 0 bridgehead atoms. The van der Waals surface area contributed by atoms with Gasteiger partial charge in [-0.2, -0.15) is 11.8 Å². The molecule has 1 rings (SSSR count). The lowest BCUT2D eigenvalue weighted by atomic mass is 10.0. The van der Waals surface area contributed by atoms with Gasteiger partial charge in [0, 0.05) is 31.0 Å². The molecule has 4 heteroatoms. The van der Waals surface area contributed by atoms with Gasteiger partial charge in [0.15, 0.2) is 0 Å². The molecule has 1 aromatic rings. The number of aryl methyl sites for hydroxylation is 1. The van der Waals surface area contributed by atoms with Crippen LogP contribution in [0.3, 0.4) is 0 Å². The molecule has 0 saturated carbocycles. The highest BCUT2D eigenvalue weighted by atomic mass is 32.2. The first-order valence-electron chi connectivity index (χ1n) is 6.43. The summed E-state index contributed by atoms with van der Waals surface area (Å²) in [5, 5.41) is 0. The number of pyridine rings is 1. The molecule has 102 valence electrons. The Labute approximate surface area is 115 Å². The largest absolute Gasteiger partial charge is 0.329 e. The molecule has 1 aromatic heterocycles. The molecule has 0 amide bonds. The van der Waals surface area contributed by atoms with Gasteiger partial charge in [0.05, 0.1) is 0 Å². The van der Waals surface area contributed by atoms with Gasteiger partial charge in [-0.05, 0) is 56.5 Å². The number of nitrogens with two attached hydrogens (primary N) is 1. The van der Waals surface area contributed by atoms with Crippen LogP contribution >= 0.6 is 11.8 Å². The Morgan fingerprint density at radius 1 is 1.50 bits per heavy atom. The Kier molecular flexibility index (Phi) is 6.68. The zero-order valence-corrected chi connectivity index (χ0v) is 12.7. The van der Waals surface area contributed by atoms with Crippen molar-refractivity contribution in [2.45, 2.75) is 32.4 Å². The lowest BCUT2D eigenvalue weighted by Gasteiger charge is -2.33. The Hall–Kier alpha value is -0.580. The van der Waals surface area contributed by atoms with Gasteiger partial charge in [0.2, 0.25) is 0 Å². The number of thioether (sulfide) groups is 1. The molecular weight excluding hydrogens is 242 g/mol. The van der Waals surface area contributed by atoms with Crippen LogP contribution in [0.15, 0.2) is 18.5 Å². The van der Waals surface area contributed by atoms with Crippen molar-refractivity contribution in [3.8, 4) is 0 Å². The third-order valence-electron chi connectivity index (χ3n) is 3.59. The average Bonchev–Trinajstić information content (AvgIpc) is 2.38. The van der Waals surface area contributed by atoms with Crippen molar-refractivity contribution < 1.29 is 0 Å². The van der Waals surface area contributed by atoms with E-state index >= 15 is 0 Å². The number of hydrogen-bond donors (Lipinski definition) is 1. The molecule has 2 unspecified atom stereocenters. The molecule has 0 radical (unpaired) electrons. The monoisotopic (exact) mass is 267 g/mol. The second kappa shape index (κ2) is 7.77. The van der Waals surface area contributed by atoms with Crippen molar-refractivity contribution in [2.24, 2.45) is 5.73 Å². The summed E-state index contributed by atoms with van der Waals surface area (Å²) in [5.74, 6) is 1.19. The summed E-state index contributed by atoms with van der Waals surface area (Å²) in [4.78, 5) is 6.61. The molecule has 0 aliphatic rings. The predicted octanol–water partition coefficient (Wildman–Crippen LogP) is 2.46. The summed E-state index contributed by atoms with van der Waals surface area (Å²) in [6.07, 6.45) is 7.13. The SMILES string of the molecule is CSCCC(C)N(C)C(CN)c1cnccc1C. The number of aromatic nitrogens is 1. The van der Waals surface area contributed by atoms with E-state index in [-0.39, 0.29) is 6.04 Å². The van der Waals surface area contributed by atoms with Crippen LogP contribution in [0.25, 0.3) is 0 Å². The highest BCUT2D eigenvalue weighted by Gasteiger charge is 2.21. The van der Waals surface area contributed by atoms with E-state index < -0.39 is 0 Å². The van der Waals surface area contributed by atoms with Crippen LogP contribution in [0.5, 0.6) is 0 Å². The minimum absolute atomic E-state index is 0.260. The third kappa shape index (κ3) is 3.97. The van der Waals surface area contributed by atoms with Crippen molar-refractivity contribution in [3.05, 3.63) is 29.6 Å². The molecule has 1 heterocycles. The van der Waals surface area contributed by atoms with Crippen molar-refractivity contribution in [3.63, 3.8) is 0 Å². The van der Waals surface area contributed by atoms with E-state index in [0.717, 1.165) is 0 Å². The second-order valence-electron chi connectivity index (χ2n) is 4.78. The van der Waals surface area contributed by atoms with Crippen molar-refractivity contribution in [2.75, 3.05) is 25.6 Å². The number of nitrogens with zero attached hydrogens (tertiary/aromatic N) is 2. The quantitative estimate of drug-likeness (QED) is 0.824. The predicted molar refractivity (Wildman–Crippen MR) is 81.0 cm³/mol. The maximum atomic E-state index is 5.97. The second-order valence-corrected chi connectivity index (χ2v) is 5.77. The highest BCUT2D eigenvalue weighted by molar-refractivity contribution is 7.98. The average molecular weight is 267 g/mol. The number of hydrogen-bond acceptors (Lipinski definition) is 4. The van der Waals surface area contributed by atoms with Crippen LogP contribution in [0.1, 0.15) is 30.5 Å². The number of rotatable bonds is 7. The standard InChI is InChI=1S/C14H25N3S/c1-11-5-7-16-10-13(11)14(9-15)17(3)12(2)6-8-18-4/h5,7,10,12,14H,6,8-9,15H2,1-4H3. The Bertz CT molecular complexity index is 357. The summed E-state index contributed by atoms with van der Waals surface area (Å²) in [6, 6.07) is 2.85. The molecular formula is C14H25N3S. The summed E-state index contributed by atoms with van der Waals surface area (Å²) in [7, 11) is 2.16. The van der Waals surface area contributed by atoms with Crippen LogP contribution in [0.2, 0.25) is 0 Å². The minimum atomic E-state index is 0.260. The Morgan fingerprint density at radius 3 is 2.78 bits per heavy atom. The van der Waals surface area contributed by atoms with E-state index in [4.69, 9.17) is 5.73 Å². The fraction of sp³-hybridized carbons (Fsp3) is 0.643. The first kappa shape index (κ1) is 15.5. The first-order valence-corrected chi connectivity index (χ1v) is 7.82. The normalized spacial score (nSPS) is 14.8. The summed E-state index contributed by atoms with van der Waals surface area (Å²) >= 11 is 1.90. The topological polar surface area (TPSA) is 42.1 Å². The van der Waals surface area contributed by atoms with Crippen LogP contribution < -0.4 is 5.73 Å². The van der Waals surface area contributed by atoms with Gasteiger partial charge in [-0.1, -0.05) is 0 Å². The van der Waals surface area contributed by atoms with Gasteiger partial charge in [0.1, 0.15) is 0 Å². The molecule has 0 fully saturated rings. The maximum Gasteiger partial charge on any atom is 0.0488 e. The smallest absolute Gasteiger partial charge is 0.0488 e. The Morgan fingerprint density at radius 2 is 2.22 bits per heavy atom. The summed E-state index contributed by atoms with van der Waals surface area (Å²) < 4.78 is 0. The maximum absolute atomic E-state index is 5.97. The van der Waals surface area contributed by atoms with E-state index in [2.05, 4.69) is 43.1 Å². The molecule has 0 spiro atoms. The molecule has 18 heavy (non-hydrogen) atoms. The van der Waals surface area contributed by atoms with E-state index in [9.17, 15) is 0 Å². The lowest BCUT2D eigenvalue weighted by Crippen LogP contribution is -2.37. The zero-order chi connectivity index (χ0) is 13.5. The van der Waals surface area contributed by atoms with Gasteiger partial charge in [-0.15, -0.1) is 0 Å². The fourth-order valence-electron chi connectivity index (χ4n) is 2.14. The van der Waals surface area contributed by atoms with E-state index in [1.54, 1.807) is 0 Å². The molecule has 0 saturated heterocycles. The third-order valence-corrected chi connectivity index (χ3v) is 4.23. The molecule has 3 nitrogen and oxygen atoms in total. The van der Waals surface area contributed by atoms with Crippen LogP contribution in [0, 0.1) is 6.92 Å². The molecule has 2 N–H and O–H groups in total. The molecule has 2 atom stereocenters. The fourth-order valence-corrected chi connectivity index (χ4v) is 2.71. The van der Waals surface area contributed by atoms with E-state index in [1.165, 1.54) is 23.3 Å². The van der Waals surface area contributed by atoms with Crippen LogP contribution in [0.4, 0.5) is 0 Å².